The average Bonchev–Trinajstić information content (AvgIpc) is 2.65. The zero-order valence-electron chi connectivity index (χ0n) is 14.3. The molecule has 0 fully saturated rings. The van der Waals surface area contributed by atoms with Gasteiger partial charge in [0.1, 0.15) is 4.90 Å². The fourth-order valence-corrected chi connectivity index (χ4v) is 4.08. The van der Waals surface area contributed by atoms with Gasteiger partial charge in [-0.1, -0.05) is 42.5 Å². The van der Waals surface area contributed by atoms with Crippen LogP contribution in [0.5, 0.6) is 0 Å². The molecule has 4 N–H and O–H groups in total. The van der Waals surface area contributed by atoms with E-state index in [9.17, 15) is 22.6 Å². The van der Waals surface area contributed by atoms with Crippen LogP contribution in [0, 0.1) is 0 Å². The highest BCUT2D eigenvalue weighted by molar-refractivity contribution is 7.86. The van der Waals surface area contributed by atoms with Crippen molar-refractivity contribution in [2.45, 2.75) is 4.90 Å². The van der Waals surface area contributed by atoms with E-state index in [-0.39, 0.29) is 27.9 Å². The predicted octanol–water partition coefficient (Wildman–Crippen LogP) is 3.03. The lowest BCUT2D eigenvalue weighted by molar-refractivity contribution is 0.0979. The summed E-state index contributed by atoms with van der Waals surface area (Å²) in [6.07, 6.45) is 0. The number of para-hydroxylation sites is 1. The highest BCUT2D eigenvalue weighted by atomic mass is 32.2. The van der Waals surface area contributed by atoms with E-state index in [0.717, 1.165) is 0 Å². The number of carbonyl (C=O) groups excluding carboxylic acids is 2. The van der Waals surface area contributed by atoms with Crippen LogP contribution in [0.4, 0.5) is 17.1 Å². The SMILES string of the molecule is Nc1c2c(cc(Nc3ccccc3)c1S(=O)(=O)O)C(=O)c1ccccc1C2=O. The third kappa shape index (κ3) is 2.75. The number of nitrogens with one attached hydrogen (secondary N) is 1. The molecule has 0 saturated heterocycles. The highest BCUT2D eigenvalue weighted by Gasteiger charge is 2.35. The van der Waals surface area contributed by atoms with Crippen LogP contribution < -0.4 is 11.1 Å². The molecule has 4 rings (SSSR count). The van der Waals surface area contributed by atoms with Gasteiger partial charge in [-0.15, -0.1) is 0 Å². The van der Waals surface area contributed by atoms with Gasteiger partial charge in [-0.05, 0) is 18.2 Å². The molecule has 3 aromatic carbocycles. The van der Waals surface area contributed by atoms with E-state index < -0.39 is 32.3 Å². The zero-order chi connectivity index (χ0) is 20.1. The summed E-state index contributed by atoms with van der Waals surface area (Å²) < 4.78 is 33.8. The fraction of sp³-hybridized carbons (Fsp3) is 0. The molecule has 3 aromatic rings. The predicted molar refractivity (Wildman–Crippen MR) is 104 cm³/mol. The van der Waals surface area contributed by atoms with Gasteiger partial charge in [0, 0.05) is 22.4 Å². The van der Waals surface area contributed by atoms with Crippen LogP contribution >= 0.6 is 0 Å². The molecular weight excluding hydrogens is 380 g/mol. The molecule has 1 aliphatic rings. The number of rotatable bonds is 3. The minimum absolute atomic E-state index is 0.0213. The molecule has 0 radical (unpaired) electrons. The molecule has 0 saturated carbocycles. The number of nitrogens with two attached hydrogens (primary N) is 1. The third-order valence-electron chi connectivity index (χ3n) is 4.52. The topological polar surface area (TPSA) is 127 Å². The van der Waals surface area contributed by atoms with Gasteiger partial charge >= 0.3 is 0 Å². The lowest BCUT2D eigenvalue weighted by atomic mass is 9.83. The van der Waals surface area contributed by atoms with Crippen molar-refractivity contribution in [2.75, 3.05) is 11.1 Å². The van der Waals surface area contributed by atoms with E-state index >= 15 is 0 Å². The van der Waals surface area contributed by atoms with Crippen LogP contribution in [-0.4, -0.2) is 24.5 Å². The number of anilines is 3. The van der Waals surface area contributed by atoms with Crippen LogP contribution in [-0.2, 0) is 10.1 Å². The van der Waals surface area contributed by atoms with Crippen LogP contribution in [0.1, 0.15) is 31.8 Å². The summed E-state index contributed by atoms with van der Waals surface area (Å²) in [6, 6.07) is 16.0. The van der Waals surface area contributed by atoms with Crippen molar-refractivity contribution in [3.8, 4) is 0 Å². The molecule has 0 amide bonds. The minimum Gasteiger partial charge on any atom is -0.397 e. The summed E-state index contributed by atoms with van der Waals surface area (Å²) in [4.78, 5) is 25.2. The van der Waals surface area contributed by atoms with Gasteiger partial charge < -0.3 is 11.1 Å². The monoisotopic (exact) mass is 394 g/mol. The first-order chi connectivity index (χ1) is 13.3. The molecular formula is C20H14N2O5S. The molecule has 8 heteroatoms. The quantitative estimate of drug-likeness (QED) is 0.360. The van der Waals surface area contributed by atoms with E-state index in [1.54, 1.807) is 42.5 Å². The Balaban J connectivity index is 2.01. The Morgan fingerprint density at radius 2 is 1.39 bits per heavy atom. The van der Waals surface area contributed by atoms with Gasteiger partial charge in [0.15, 0.2) is 11.6 Å². The van der Waals surface area contributed by atoms with Crippen molar-refractivity contribution in [3.05, 3.63) is 82.9 Å². The van der Waals surface area contributed by atoms with Crippen molar-refractivity contribution < 1.29 is 22.6 Å². The zero-order valence-corrected chi connectivity index (χ0v) is 15.2. The summed E-state index contributed by atoms with van der Waals surface area (Å²) in [5.41, 5.74) is 6.06. The Hall–Kier alpha value is -3.49. The second-order valence-corrected chi connectivity index (χ2v) is 7.62. The first-order valence-corrected chi connectivity index (χ1v) is 9.67. The van der Waals surface area contributed by atoms with Crippen LogP contribution in [0.2, 0.25) is 0 Å². The van der Waals surface area contributed by atoms with E-state index in [2.05, 4.69) is 5.32 Å². The molecule has 28 heavy (non-hydrogen) atoms. The number of carbonyl (C=O) groups is 2. The Kier molecular flexibility index (Phi) is 4.02. The maximum Gasteiger partial charge on any atom is 0.298 e. The molecule has 0 aliphatic heterocycles. The van der Waals surface area contributed by atoms with E-state index in [1.807, 2.05) is 0 Å². The first-order valence-electron chi connectivity index (χ1n) is 8.23. The lowest BCUT2D eigenvalue weighted by Gasteiger charge is -2.22. The molecule has 1 aliphatic carbocycles. The molecule has 140 valence electrons. The maximum absolute atomic E-state index is 12.9. The second-order valence-electron chi connectivity index (χ2n) is 6.26. The number of hydrogen-bond acceptors (Lipinski definition) is 6. The Bertz CT molecular complexity index is 1250. The molecule has 0 aromatic heterocycles. The molecule has 0 spiro atoms. The Morgan fingerprint density at radius 3 is 2.00 bits per heavy atom. The third-order valence-corrected chi connectivity index (χ3v) is 5.47. The summed E-state index contributed by atoms with van der Waals surface area (Å²) >= 11 is 0. The number of nitrogen functional groups attached to an aromatic ring is 1. The van der Waals surface area contributed by atoms with Gasteiger partial charge in [0.2, 0.25) is 0 Å². The van der Waals surface area contributed by atoms with E-state index in [1.165, 1.54) is 18.2 Å². The number of fused-ring (bicyclic) bond motifs is 2. The van der Waals surface area contributed by atoms with E-state index in [0.29, 0.717) is 5.69 Å². The van der Waals surface area contributed by atoms with Crippen molar-refractivity contribution in [1.82, 2.24) is 0 Å². The molecule has 0 atom stereocenters. The first kappa shape index (κ1) is 17.9. The van der Waals surface area contributed by atoms with Crippen LogP contribution in [0.3, 0.4) is 0 Å². The average molecular weight is 394 g/mol. The van der Waals surface area contributed by atoms with Crippen LogP contribution in [0.15, 0.2) is 65.6 Å². The van der Waals surface area contributed by atoms with Gasteiger partial charge in [0.25, 0.3) is 10.1 Å². The number of benzene rings is 3. The Morgan fingerprint density at radius 1 is 0.821 bits per heavy atom. The molecule has 0 bridgehead atoms. The Labute approximate surface area is 160 Å². The van der Waals surface area contributed by atoms with Gasteiger partial charge in [0.05, 0.1) is 16.9 Å². The smallest absolute Gasteiger partial charge is 0.298 e. The van der Waals surface area contributed by atoms with Crippen molar-refractivity contribution in [3.63, 3.8) is 0 Å². The van der Waals surface area contributed by atoms with Gasteiger partial charge in [-0.25, -0.2) is 0 Å². The highest BCUT2D eigenvalue weighted by Crippen LogP contribution is 2.39. The molecule has 0 unspecified atom stereocenters. The minimum atomic E-state index is -4.79. The van der Waals surface area contributed by atoms with Crippen molar-refractivity contribution in [1.29, 1.82) is 0 Å². The summed E-state index contributed by atoms with van der Waals surface area (Å²) in [7, 11) is -4.79. The fourth-order valence-electron chi connectivity index (χ4n) is 3.32. The van der Waals surface area contributed by atoms with E-state index in [4.69, 9.17) is 5.73 Å². The van der Waals surface area contributed by atoms with Crippen LogP contribution in [0.25, 0.3) is 0 Å². The van der Waals surface area contributed by atoms with Gasteiger partial charge in [-0.3, -0.25) is 14.1 Å². The standard InChI is InChI=1S/C20H14N2O5S/c21-17-16-14(18(23)12-8-4-5-9-13(12)19(16)24)10-15(20(17)28(25,26)27)22-11-6-2-1-3-7-11/h1-10,22H,21H2,(H,25,26,27). The summed E-state index contributed by atoms with van der Waals surface area (Å²) in [6.45, 7) is 0. The maximum atomic E-state index is 12.9. The summed E-state index contributed by atoms with van der Waals surface area (Å²) in [5.74, 6) is -1.02. The van der Waals surface area contributed by atoms with Crippen molar-refractivity contribution >= 4 is 38.7 Å². The molecule has 0 heterocycles. The van der Waals surface area contributed by atoms with Gasteiger partial charge in [-0.2, -0.15) is 8.42 Å². The number of ketones is 2. The largest absolute Gasteiger partial charge is 0.397 e. The lowest BCUT2D eigenvalue weighted by Crippen LogP contribution is -2.24. The number of hydrogen-bond donors (Lipinski definition) is 3. The second kappa shape index (κ2) is 6.29. The summed E-state index contributed by atoms with van der Waals surface area (Å²) in [5, 5.41) is 2.85. The molecule has 7 nitrogen and oxygen atoms in total. The van der Waals surface area contributed by atoms with Crippen molar-refractivity contribution in [2.24, 2.45) is 0 Å². The normalized spacial score (nSPS) is 13.0.